The van der Waals surface area contributed by atoms with Gasteiger partial charge in [0.2, 0.25) is 0 Å². The molecule has 3 nitrogen and oxygen atoms in total. The number of nitrogens with zero attached hydrogens (tertiary/aromatic N) is 1. The number of nitrogens with two attached hydrogens (primary N) is 1. The van der Waals surface area contributed by atoms with Gasteiger partial charge in [0.25, 0.3) is 0 Å². The van der Waals surface area contributed by atoms with Crippen LogP contribution in [0.25, 0.3) is 0 Å². The first kappa shape index (κ1) is 13.1. The molecular weight excluding hydrogens is 224 g/mol. The lowest BCUT2D eigenvalue weighted by Crippen LogP contribution is -2.27. The molecule has 0 spiro atoms. The summed E-state index contributed by atoms with van der Waals surface area (Å²) < 4.78 is 5.27. The molecule has 1 saturated carbocycles. The first-order chi connectivity index (χ1) is 8.72. The van der Waals surface area contributed by atoms with E-state index in [1.165, 1.54) is 32.1 Å². The van der Waals surface area contributed by atoms with Gasteiger partial charge in [0.05, 0.1) is 18.5 Å². The summed E-state index contributed by atoms with van der Waals surface area (Å²) in [5.41, 5.74) is 7.96. The average molecular weight is 248 g/mol. The molecule has 0 unspecified atom stereocenters. The number of rotatable bonds is 4. The fourth-order valence-corrected chi connectivity index (χ4v) is 2.90. The van der Waals surface area contributed by atoms with Crippen LogP contribution in [-0.4, -0.2) is 20.7 Å². The number of para-hydroxylation sites is 1. The normalized spacial score (nSPS) is 16.6. The van der Waals surface area contributed by atoms with Crippen LogP contribution in [0.2, 0.25) is 0 Å². The maximum atomic E-state index is 6.13. The van der Waals surface area contributed by atoms with E-state index in [0.29, 0.717) is 0 Å². The summed E-state index contributed by atoms with van der Waals surface area (Å²) in [4.78, 5) is 2.27. The van der Waals surface area contributed by atoms with E-state index in [2.05, 4.69) is 18.0 Å². The van der Waals surface area contributed by atoms with Crippen molar-refractivity contribution in [1.29, 1.82) is 0 Å². The summed E-state index contributed by atoms with van der Waals surface area (Å²) in [6.07, 6.45) is 6.88. The average Bonchev–Trinajstić information content (AvgIpc) is 2.40. The Morgan fingerprint density at radius 1 is 1.28 bits per heavy atom. The smallest absolute Gasteiger partial charge is 0.143 e. The molecule has 0 bridgehead atoms. The number of anilines is 2. The first-order valence-corrected chi connectivity index (χ1v) is 6.86. The molecule has 1 aliphatic rings. The molecule has 1 fully saturated rings. The topological polar surface area (TPSA) is 38.5 Å². The molecule has 0 atom stereocenters. The molecule has 3 heteroatoms. The zero-order valence-electron chi connectivity index (χ0n) is 11.5. The van der Waals surface area contributed by atoms with E-state index < -0.39 is 0 Å². The third-order valence-electron chi connectivity index (χ3n) is 3.93. The number of benzene rings is 1. The second-order valence-corrected chi connectivity index (χ2v) is 5.28. The van der Waals surface area contributed by atoms with Gasteiger partial charge in [-0.05, 0) is 30.9 Å². The maximum Gasteiger partial charge on any atom is 0.143 e. The van der Waals surface area contributed by atoms with E-state index in [1.807, 2.05) is 12.1 Å². The fourth-order valence-electron chi connectivity index (χ4n) is 2.90. The Bertz CT molecular complexity index is 386. The predicted molar refractivity (Wildman–Crippen MR) is 77.3 cm³/mol. The minimum absolute atomic E-state index is 0.748. The molecule has 1 aromatic carbocycles. The number of hydrogen-bond acceptors (Lipinski definition) is 3. The Balaban J connectivity index is 2.05. The highest BCUT2D eigenvalue weighted by Crippen LogP contribution is 2.33. The summed E-state index contributed by atoms with van der Waals surface area (Å²) in [5, 5.41) is 0. The van der Waals surface area contributed by atoms with Gasteiger partial charge in [-0.2, -0.15) is 0 Å². The Hall–Kier alpha value is -1.38. The highest BCUT2D eigenvalue weighted by Gasteiger charge is 2.17. The van der Waals surface area contributed by atoms with Crippen molar-refractivity contribution in [2.24, 2.45) is 5.92 Å². The van der Waals surface area contributed by atoms with E-state index in [9.17, 15) is 0 Å². The van der Waals surface area contributed by atoms with Gasteiger partial charge in [-0.1, -0.05) is 25.3 Å². The summed E-state index contributed by atoms with van der Waals surface area (Å²) >= 11 is 0. The molecule has 0 saturated heterocycles. The number of hydrogen-bond donors (Lipinski definition) is 1. The third-order valence-corrected chi connectivity index (χ3v) is 3.93. The fraction of sp³-hybridized carbons (Fsp3) is 0.600. The van der Waals surface area contributed by atoms with Gasteiger partial charge in [0.1, 0.15) is 5.75 Å². The molecular formula is C15H24N2O. The highest BCUT2D eigenvalue weighted by molar-refractivity contribution is 5.73. The Morgan fingerprint density at radius 3 is 2.67 bits per heavy atom. The van der Waals surface area contributed by atoms with Crippen LogP contribution in [0.15, 0.2) is 18.2 Å². The Labute approximate surface area is 110 Å². The van der Waals surface area contributed by atoms with Crippen molar-refractivity contribution in [2.45, 2.75) is 32.1 Å². The number of methoxy groups -OCH3 is 1. The molecule has 0 amide bonds. The van der Waals surface area contributed by atoms with E-state index in [-0.39, 0.29) is 0 Å². The summed E-state index contributed by atoms with van der Waals surface area (Å²) in [7, 11) is 3.79. The van der Waals surface area contributed by atoms with Gasteiger partial charge in [-0.3, -0.25) is 0 Å². The summed E-state index contributed by atoms with van der Waals surface area (Å²) in [6.45, 7) is 1.09. The molecule has 1 aliphatic carbocycles. The van der Waals surface area contributed by atoms with Crippen LogP contribution in [0.4, 0.5) is 11.4 Å². The molecule has 1 aromatic rings. The zero-order chi connectivity index (χ0) is 13.0. The largest absolute Gasteiger partial charge is 0.495 e. The van der Waals surface area contributed by atoms with Crippen LogP contribution in [0, 0.1) is 5.92 Å². The van der Waals surface area contributed by atoms with Gasteiger partial charge < -0.3 is 15.4 Å². The van der Waals surface area contributed by atoms with Crippen molar-refractivity contribution in [2.75, 3.05) is 31.3 Å². The van der Waals surface area contributed by atoms with Crippen molar-refractivity contribution in [3.63, 3.8) is 0 Å². The molecule has 100 valence electrons. The van der Waals surface area contributed by atoms with Gasteiger partial charge in [0, 0.05) is 13.6 Å². The summed E-state index contributed by atoms with van der Waals surface area (Å²) in [6, 6.07) is 5.98. The van der Waals surface area contributed by atoms with Crippen LogP contribution in [0.5, 0.6) is 5.75 Å². The van der Waals surface area contributed by atoms with Crippen molar-refractivity contribution < 1.29 is 4.74 Å². The van der Waals surface area contributed by atoms with E-state index in [1.54, 1.807) is 7.11 Å². The second-order valence-electron chi connectivity index (χ2n) is 5.28. The van der Waals surface area contributed by atoms with E-state index in [0.717, 1.165) is 29.6 Å². The predicted octanol–water partition coefficient (Wildman–Crippen LogP) is 3.29. The molecule has 0 heterocycles. The Kier molecular flexibility index (Phi) is 4.34. The molecule has 0 radical (unpaired) electrons. The van der Waals surface area contributed by atoms with Crippen LogP contribution in [0.3, 0.4) is 0 Å². The van der Waals surface area contributed by atoms with Crippen molar-refractivity contribution in [3.05, 3.63) is 18.2 Å². The molecule has 2 rings (SSSR count). The minimum atomic E-state index is 0.748. The van der Waals surface area contributed by atoms with Gasteiger partial charge in [0.15, 0.2) is 0 Å². The highest BCUT2D eigenvalue weighted by atomic mass is 16.5. The number of nitrogen functional groups attached to an aromatic ring is 1. The molecule has 2 N–H and O–H groups in total. The number of ether oxygens (including phenoxy) is 1. The second kappa shape index (κ2) is 5.98. The van der Waals surface area contributed by atoms with Crippen LogP contribution >= 0.6 is 0 Å². The maximum absolute atomic E-state index is 6.13. The minimum Gasteiger partial charge on any atom is -0.495 e. The Morgan fingerprint density at radius 2 is 2.00 bits per heavy atom. The van der Waals surface area contributed by atoms with Crippen molar-refractivity contribution in [3.8, 4) is 5.75 Å². The standard InChI is InChI=1S/C15H24N2O/c1-17(11-12-7-4-3-5-8-12)13-9-6-10-14(18-2)15(13)16/h6,9-10,12H,3-5,7-8,11,16H2,1-2H3. The van der Waals surface area contributed by atoms with Crippen LogP contribution < -0.4 is 15.4 Å². The lowest BCUT2D eigenvalue weighted by molar-refractivity contribution is 0.362. The molecule has 18 heavy (non-hydrogen) atoms. The lowest BCUT2D eigenvalue weighted by atomic mass is 9.89. The quantitative estimate of drug-likeness (QED) is 0.831. The first-order valence-electron chi connectivity index (χ1n) is 6.86. The zero-order valence-corrected chi connectivity index (χ0v) is 11.5. The molecule has 0 aromatic heterocycles. The lowest BCUT2D eigenvalue weighted by Gasteiger charge is -2.29. The summed E-state index contributed by atoms with van der Waals surface area (Å²) in [5.74, 6) is 1.58. The monoisotopic (exact) mass is 248 g/mol. The van der Waals surface area contributed by atoms with Crippen molar-refractivity contribution >= 4 is 11.4 Å². The van der Waals surface area contributed by atoms with Crippen LogP contribution in [0.1, 0.15) is 32.1 Å². The van der Waals surface area contributed by atoms with Gasteiger partial charge in [-0.15, -0.1) is 0 Å². The van der Waals surface area contributed by atoms with Gasteiger partial charge in [-0.25, -0.2) is 0 Å². The van der Waals surface area contributed by atoms with E-state index >= 15 is 0 Å². The SMILES string of the molecule is COc1cccc(N(C)CC2CCCCC2)c1N. The van der Waals surface area contributed by atoms with Crippen molar-refractivity contribution in [1.82, 2.24) is 0 Å². The van der Waals surface area contributed by atoms with E-state index in [4.69, 9.17) is 10.5 Å². The van der Waals surface area contributed by atoms with Crippen LogP contribution in [-0.2, 0) is 0 Å². The van der Waals surface area contributed by atoms with Gasteiger partial charge >= 0.3 is 0 Å². The molecule has 0 aliphatic heterocycles. The third kappa shape index (κ3) is 2.89.